The fourth-order valence-electron chi connectivity index (χ4n) is 3.31. The zero-order valence-corrected chi connectivity index (χ0v) is 21.0. The quantitative estimate of drug-likeness (QED) is 0.218. The van der Waals surface area contributed by atoms with Crippen LogP contribution in [0.4, 0.5) is 0 Å². The molecule has 0 bridgehead atoms. The van der Waals surface area contributed by atoms with Gasteiger partial charge >= 0.3 is 0 Å². The van der Waals surface area contributed by atoms with Gasteiger partial charge in [-0.15, -0.1) is 34.9 Å². The molecule has 3 aromatic rings. The predicted molar refractivity (Wildman–Crippen MR) is 121 cm³/mol. The summed E-state index contributed by atoms with van der Waals surface area (Å²) in [5, 5.41) is 9.60. The van der Waals surface area contributed by atoms with Crippen molar-refractivity contribution in [2.75, 3.05) is 0 Å². The summed E-state index contributed by atoms with van der Waals surface area (Å²) in [6, 6.07) is 16.7. The van der Waals surface area contributed by atoms with Crippen molar-refractivity contribution in [3.8, 4) is 11.3 Å². The number of aryl methyl sites for hydroxylation is 4. The number of aromatic nitrogens is 1. The van der Waals surface area contributed by atoms with E-state index in [-0.39, 0.29) is 31.6 Å². The number of rotatable bonds is 4. The van der Waals surface area contributed by atoms with Gasteiger partial charge in [0.2, 0.25) is 0 Å². The van der Waals surface area contributed by atoms with Crippen LogP contribution in [0.5, 0.6) is 0 Å². The van der Waals surface area contributed by atoms with E-state index in [4.69, 9.17) is 10.1 Å². The van der Waals surface area contributed by atoms with E-state index in [1.807, 2.05) is 0 Å². The summed E-state index contributed by atoms with van der Waals surface area (Å²) in [6.45, 7) is 11.5. The molecule has 0 aliphatic carbocycles. The summed E-state index contributed by atoms with van der Waals surface area (Å²) < 4.78 is 0. The van der Waals surface area contributed by atoms with E-state index in [1.54, 1.807) is 0 Å². The van der Waals surface area contributed by atoms with E-state index < -0.39 is 0 Å². The average molecular weight is 581 g/mol. The van der Waals surface area contributed by atoms with E-state index in [9.17, 15) is 4.79 Å². The fourth-order valence-corrected chi connectivity index (χ4v) is 3.31. The Morgan fingerprint density at radius 1 is 1.07 bits per heavy atom. The molecule has 3 nitrogen and oxygen atoms in total. The summed E-state index contributed by atoms with van der Waals surface area (Å²) in [4.78, 5) is 15.0. The minimum absolute atomic E-state index is 0. The van der Waals surface area contributed by atoms with Crippen molar-refractivity contribution in [1.82, 2.24) is 4.98 Å². The molecule has 2 aromatic carbocycles. The molecular formula is C26H30IrNO2-. The third kappa shape index (κ3) is 7.19. The van der Waals surface area contributed by atoms with Crippen LogP contribution in [0.1, 0.15) is 49.9 Å². The molecule has 1 N–H and O–H groups in total. The molecule has 3 rings (SSSR count). The molecule has 0 saturated heterocycles. The summed E-state index contributed by atoms with van der Waals surface area (Å²) in [7, 11) is 0. The zero-order valence-electron chi connectivity index (χ0n) is 18.6. The second-order valence-corrected chi connectivity index (χ2v) is 7.38. The van der Waals surface area contributed by atoms with Crippen molar-refractivity contribution >= 4 is 16.7 Å². The number of carbonyl (C=O) groups excluding carboxylic acids is 1. The van der Waals surface area contributed by atoms with Crippen molar-refractivity contribution in [2.45, 2.75) is 54.4 Å². The van der Waals surface area contributed by atoms with E-state index in [1.165, 1.54) is 47.6 Å². The summed E-state index contributed by atoms with van der Waals surface area (Å²) >= 11 is 0. The molecule has 4 heteroatoms. The maximum Gasteiger partial charge on any atom is 0.155 e. The van der Waals surface area contributed by atoms with E-state index in [0.29, 0.717) is 0 Å². The third-order valence-corrected chi connectivity index (χ3v) is 4.56. The number of aliphatic hydroxyl groups excluding tert-OH is 1. The number of nitrogens with zero attached hydrogens (tertiary/aromatic N) is 1. The van der Waals surface area contributed by atoms with Crippen molar-refractivity contribution in [3.63, 3.8) is 0 Å². The molecule has 1 heterocycles. The van der Waals surface area contributed by atoms with Crippen LogP contribution in [-0.2, 0) is 37.7 Å². The number of aliphatic hydroxyl groups is 1. The summed E-state index contributed by atoms with van der Waals surface area (Å²) in [5.41, 5.74) is 8.33. The first kappa shape index (κ1) is 25.7. The molecule has 0 spiro atoms. The van der Waals surface area contributed by atoms with Crippen molar-refractivity contribution in [3.05, 3.63) is 76.6 Å². The third-order valence-electron chi connectivity index (χ3n) is 4.56. The average Bonchev–Trinajstić information content (AvgIpc) is 2.65. The number of hydrogen-bond donors (Lipinski definition) is 1. The van der Waals surface area contributed by atoms with Gasteiger partial charge in [-0.25, -0.2) is 0 Å². The molecule has 1 aromatic heterocycles. The Morgan fingerprint density at radius 3 is 2.27 bits per heavy atom. The second-order valence-electron chi connectivity index (χ2n) is 7.38. The van der Waals surface area contributed by atoms with Gasteiger partial charge in [0.05, 0.1) is 11.3 Å². The van der Waals surface area contributed by atoms with Crippen LogP contribution in [0.25, 0.3) is 22.2 Å². The van der Waals surface area contributed by atoms with Crippen LogP contribution < -0.4 is 0 Å². The number of pyridine rings is 1. The first-order valence-corrected chi connectivity index (χ1v) is 10.0. The molecule has 0 fully saturated rings. The number of fused-ring (bicyclic) bond motifs is 1. The van der Waals surface area contributed by atoms with Gasteiger partial charge in [-0.2, -0.15) is 0 Å². The Bertz CT molecular complexity index is 1030. The molecule has 30 heavy (non-hydrogen) atoms. The Balaban J connectivity index is 0.000000489. The van der Waals surface area contributed by atoms with Gasteiger partial charge in [-0.05, 0) is 55.5 Å². The topological polar surface area (TPSA) is 50.2 Å². The van der Waals surface area contributed by atoms with Gasteiger partial charge in [-0.1, -0.05) is 45.4 Å². The van der Waals surface area contributed by atoms with Crippen molar-refractivity contribution < 1.29 is 30.0 Å². The standard InChI is InChI=1S/C21H22N.C5H8O2.Ir/c1-5-16-7-8-20-18(12-16)13-17(6-2)21(22-20)19-10-14(3)9-15(4)11-19;1-4(6)3-5(2)7;/h7-10,12-13H,5-6H2,1-4H3;3,6H,1-2H3;/q-1;;/b;4-3-;. The van der Waals surface area contributed by atoms with Crippen LogP contribution in [0.15, 0.2) is 48.2 Å². The van der Waals surface area contributed by atoms with Crippen LogP contribution in [0.2, 0.25) is 0 Å². The second kappa shape index (κ2) is 11.8. The van der Waals surface area contributed by atoms with Crippen molar-refractivity contribution in [2.24, 2.45) is 0 Å². The molecule has 0 unspecified atom stereocenters. The van der Waals surface area contributed by atoms with Crippen LogP contribution in [0.3, 0.4) is 0 Å². The molecule has 0 aliphatic rings. The number of ketones is 1. The minimum atomic E-state index is -0.125. The van der Waals surface area contributed by atoms with Gasteiger partial charge in [0.15, 0.2) is 5.78 Å². The maximum atomic E-state index is 10.0. The molecule has 161 valence electrons. The summed E-state index contributed by atoms with van der Waals surface area (Å²) in [5.74, 6) is -0.0625. The number of carbonyl (C=O) groups is 1. The molecular weight excluding hydrogens is 551 g/mol. The Morgan fingerprint density at radius 2 is 1.77 bits per heavy atom. The van der Waals surface area contributed by atoms with Crippen LogP contribution >= 0.6 is 0 Å². The van der Waals surface area contributed by atoms with E-state index in [0.717, 1.165) is 29.6 Å². The SMILES string of the molecule is CC(=O)/C=C(/C)O.CCc1ccc2nc(-c3[c-]c(C)cc(C)c3)c(CC)cc2c1.[Ir]. The fraction of sp³-hybridized carbons (Fsp3) is 0.308. The minimum Gasteiger partial charge on any atom is -0.512 e. The first-order chi connectivity index (χ1) is 13.7. The van der Waals surface area contributed by atoms with Crippen molar-refractivity contribution in [1.29, 1.82) is 0 Å². The number of benzene rings is 2. The molecule has 0 atom stereocenters. The molecule has 0 amide bonds. The number of hydrogen-bond acceptors (Lipinski definition) is 3. The van der Waals surface area contributed by atoms with Crippen LogP contribution in [-0.4, -0.2) is 15.9 Å². The van der Waals surface area contributed by atoms with Gasteiger partial charge in [-0.3, -0.25) is 9.78 Å². The van der Waals surface area contributed by atoms with Gasteiger partial charge in [0.1, 0.15) is 0 Å². The zero-order chi connectivity index (χ0) is 21.6. The first-order valence-electron chi connectivity index (χ1n) is 10.0. The molecule has 0 aliphatic heterocycles. The smallest absolute Gasteiger partial charge is 0.155 e. The normalized spacial score (nSPS) is 10.8. The largest absolute Gasteiger partial charge is 0.512 e. The van der Waals surface area contributed by atoms with E-state index in [2.05, 4.69) is 70.2 Å². The van der Waals surface area contributed by atoms with E-state index >= 15 is 0 Å². The van der Waals surface area contributed by atoms with Crippen LogP contribution in [0, 0.1) is 19.9 Å². The Labute approximate surface area is 193 Å². The van der Waals surface area contributed by atoms with Gasteiger partial charge in [0, 0.05) is 26.2 Å². The molecule has 1 radical (unpaired) electrons. The molecule has 0 saturated carbocycles. The number of allylic oxidation sites excluding steroid dienone is 2. The van der Waals surface area contributed by atoms with Gasteiger partial charge < -0.3 is 5.11 Å². The Kier molecular flexibility index (Phi) is 10.1. The predicted octanol–water partition coefficient (Wildman–Crippen LogP) is 6.48. The van der Waals surface area contributed by atoms with Gasteiger partial charge in [0.25, 0.3) is 0 Å². The Hall–Kier alpha value is -2.29. The monoisotopic (exact) mass is 581 g/mol. The maximum absolute atomic E-state index is 10.0. The summed E-state index contributed by atoms with van der Waals surface area (Å²) in [6.07, 6.45) is 3.21.